The first-order valence-corrected chi connectivity index (χ1v) is 3.21. The molecule has 0 bridgehead atoms. The minimum absolute atomic E-state index is 0.983. The summed E-state index contributed by atoms with van der Waals surface area (Å²) in [5.41, 5.74) is 0. The second kappa shape index (κ2) is 6.01. The molecule has 56 valence electrons. The number of nitrogens with one attached hydrogen (secondary N) is 1. The van der Waals surface area contributed by atoms with Crippen molar-refractivity contribution in [3.05, 3.63) is 0 Å². The third-order valence-corrected chi connectivity index (χ3v) is 1.21. The number of nitrogens with zero attached hydrogens (tertiary/aromatic N) is 1. The van der Waals surface area contributed by atoms with Crippen molar-refractivity contribution in [2.24, 2.45) is 0 Å². The molecule has 0 saturated heterocycles. The van der Waals surface area contributed by atoms with E-state index in [9.17, 15) is 0 Å². The van der Waals surface area contributed by atoms with Crippen LogP contribution in [0.4, 0.5) is 0 Å². The predicted octanol–water partition coefficient (Wildman–Crippen LogP) is 0.0891. The van der Waals surface area contributed by atoms with Crippen LogP contribution >= 0.6 is 0 Å². The van der Waals surface area contributed by atoms with Gasteiger partial charge in [0.2, 0.25) is 0 Å². The van der Waals surface area contributed by atoms with Gasteiger partial charge in [-0.05, 0) is 20.0 Å². The Morgan fingerprint density at radius 2 is 2.22 bits per heavy atom. The Bertz CT molecular complexity index is 59.0. The van der Waals surface area contributed by atoms with Crippen LogP contribution in [-0.4, -0.2) is 39.4 Å². The summed E-state index contributed by atoms with van der Waals surface area (Å²) in [6.07, 6.45) is 1.13. The number of rotatable bonds is 5. The Morgan fingerprint density at radius 1 is 1.56 bits per heavy atom. The first-order valence-electron chi connectivity index (χ1n) is 3.21. The number of hydrogen-bond donors (Lipinski definition) is 1. The summed E-state index contributed by atoms with van der Waals surface area (Å²) in [7, 11) is 5.56. The maximum absolute atomic E-state index is 4.90. The molecule has 3 nitrogen and oxygen atoms in total. The Kier molecular flexibility index (Phi) is 5.93. The van der Waals surface area contributed by atoms with Crippen LogP contribution in [0.3, 0.4) is 0 Å². The van der Waals surface area contributed by atoms with E-state index in [-0.39, 0.29) is 0 Å². The summed E-state index contributed by atoms with van der Waals surface area (Å²) in [6, 6.07) is 0. The normalized spacial score (nSPS) is 10.7. The van der Waals surface area contributed by atoms with Gasteiger partial charge in [0.25, 0.3) is 0 Å². The van der Waals surface area contributed by atoms with Crippen molar-refractivity contribution < 1.29 is 4.84 Å². The molecule has 0 atom stereocenters. The van der Waals surface area contributed by atoms with Crippen molar-refractivity contribution in [1.29, 1.82) is 0 Å². The molecule has 0 fully saturated rings. The Labute approximate surface area is 56.9 Å². The lowest BCUT2D eigenvalue weighted by molar-refractivity contribution is -0.109. The van der Waals surface area contributed by atoms with Crippen LogP contribution in [0.5, 0.6) is 0 Å². The van der Waals surface area contributed by atoms with E-state index in [0.29, 0.717) is 0 Å². The molecule has 0 saturated carbocycles. The molecule has 0 rings (SSSR count). The van der Waals surface area contributed by atoms with E-state index in [2.05, 4.69) is 5.32 Å². The van der Waals surface area contributed by atoms with Crippen LogP contribution in [0, 0.1) is 0 Å². The van der Waals surface area contributed by atoms with Gasteiger partial charge >= 0.3 is 0 Å². The molecule has 9 heavy (non-hydrogen) atoms. The summed E-state index contributed by atoms with van der Waals surface area (Å²) in [4.78, 5) is 4.90. The molecule has 0 aromatic rings. The number of hydrogen-bond acceptors (Lipinski definition) is 3. The minimum Gasteiger partial charge on any atom is -0.320 e. The first kappa shape index (κ1) is 8.88. The van der Waals surface area contributed by atoms with E-state index in [1.807, 2.05) is 19.2 Å². The van der Waals surface area contributed by atoms with Gasteiger partial charge < -0.3 is 10.2 Å². The van der Waals surface area contributed by atoms with Crippen molar-refractivity contribution >= 4 is 0 Å². The molecule has 0 aliphatic heterocycles. The van der Waals surface area contributed by atoms with Gasteiger partial charge in [0.15, 0.2) is 0 Å². The zero-order valence-corrected chi connectivity index (χ0v) is 6.48. The van der Waals surface area contributed by atoms with Gasteiger partial charge in [-0.2, -0.15) is 5.06 Å². The minimum atomic E-state index is 0.983. The van der Waals surface area contributed by atoms with E-state index in [1.54, 1.807) is 7.11 Å². The van der Waals surface area contributed by atoms with Gasteiger partial charge in [0.05, 0.1) is 7.11 Å². The smallest absolute Gasteiger partial charge is 0.0575 e. The molecule has 0 aliphatic carbocycles. The van der Waals surface area contributed by atoms with Crippen molar-refractivity contribution in [1.82, 2.24) is 10.4 Å². The summed E-state index contributed by atoms with van der Waals surface area (Å²) >= 11 is 0. The third-order valence-electron chi connectivity index (χ3n) is 1.21. The lowest BCUT2D eigenvalue weighted by Gasteiger charge is -2.11. The quantitative estimate of drug-likeness (QED) is 0.424. The van der Waals surface area contributed by atoms with Crippen LogP contribution in [-0.2, 0) is 4.84 Å². The highest BCUT2D eigenvalue weighted by Crippen LogP contribution is 1.83. The standard InChI is InChI=1S/C6H16N2O/c1-7-5-4-6-8(2)9-3/h7H,4-6H2,1-3H3. The van der Waals surface area contributed by atoms with Crippen LogP contribution in [0.1, 0.15) is 6.42 Å². The van der Waals surface area contributed by atoms with Crippen LogP contribution < -0.4 is 5.32 Å². The van der Waals surface area contributed by atoms with Crippen molar-refractivity contribution in [3.63, 3.8) is 0 Å². The van der Waals surface area contributed by atoms with Crippen molar-refractivity contribution in [3.8, 4) is 0 Å². The molecular weight excluding hydrogens is 116 g/mol. The highest BCUT2D eigenvalue weighted by atomic mass is 16.7. The fourth-order valence-corrected chi connectivity index (χ4v) is 0.570. The Balaban J connectivity index is 2.88. The second-order valence-electron chi connectivity index (χ2n) is 1.99. The van der Waals surface area contributed by atoms with E-state index in [4.69, 9.17) is 4.84 Å². The van der Waals surface area contributed by atoms with Gasteiger partial charge in [-0.15, -0.1) is 0 Å². The monoisotopic (exact) mass is 132 g/mol. The summed E-state index contributed by atoms with van der Waals surface area (Å²) in [5.74, 6) is 0. The molecule has 3 heteroatoms. The molecule has 0 aliphatic rings. The van der Waals surface area contributed by atoms with E-state index < -0.39 is 0 Å². The van der Waals surface area contributed by atoms with E-state index in [0.717, 1.165) is 19.5 Å². The first-order chi connectivity index (χ1) is 4.31. The second-order valence-corrected chi connectivity index (χ2v) is 1.99. The largest absolute Gasteiger partial charge is 0.320 e. The molecule has 0 aromatic heterocycles. The zero-order valence-electron chi connectivity index (χ0n) is 6.48. The highest BCUT2D eigenvalue weighted by Gasteiger charge is 1.91. The van der Waals surface area contributed by atoms with Crippen LogP contribution in [0.15, 0.2) is 0 Å². The lowest BCUT2D eigenvalue weighted by Crippen LogP contribution is -2.21. The third kappa shape index (κ3) is 5.76. The van der Waals surface area contributed by atoms with Gasteiger partial charge in [0, 0.05) is 13.6 Å². The summed E-state index contributed by atoms with van der Waals surface area (Å²) in [5, 5.41) is 4.88. The van der Waals surface area contributed by atoms with Gasteiger partial charge in [-0.1, -0.05) is 0 Å². The fraction of sp³-hybridized carbons (Fsp3) is 1.00. The molecule has 0 aromatic carbocycles. The predicted molar refractivity (Wildman–Crippen MR) is 38.2 cm³/mol. The molecule has 0 unspecified atom stereocenters. The molecule has 0 radical (unpaired) electrons. The van der Waals surface area contributed by atoms with Crippen molar-refractivity contribution in [2.75, 3.05) is 34.3 Å². The van der Waals surface area contributed by atoms with Crippen LogP contribution in [0.2, 0.25) is 0 Å². The average molecular weight is 132 g/mol. The van der Waals surface area contributed by atoms with Crippen molar-refractivity contribution in [2.45, 2.75) is 6.42 Å². The van der Waals surface area contributed by atoms with Gasteiger partial charge in [-0.3, -0.25) is 0 Å². The molecule has 0 spiro atoms. The highest BCUT2D eigenvalue weighted by molar-refractivity contribution is 4.42. The SMILES string of the molecule is CNCCCN(C)OC. The maximum atomic E-state index is 4.90. The molecular formula is C6H16N2O. The summed E-state index contributed by atoms with van der Waals surface area (Å²) in [6.45, 7) is 2.03. The average Bonchev–Trinajstić information content (AvgIpc) is 1.89. The molecule has 1 N–H and O–H groups in total. The Morgan fingerprint density at radius 3 is 2.67 bits per heavy atom. The van der Waals surface area contributed by atoms with Crippen LogP contribution in [0.25, 0.3) is 0 Å². The topological polar surface area (TPSA) is 24.5 Å². The zero-order chi connectivity index (χ0) is 7.11. The molecule has 0 heterocycles. The Hall–Kier alpha value is -0.120. The van der Waals surface area contributed by atoms with E-state index in [1.165, 1.54) is 0 Å². The van der Waals surface area contributed by atoms with Gasteiger partial charge in [0.1, 0.15) is 0 Å². The fourth-order valence-electron chi connectivity index (χ4n) is 0.570. The lowest BCUT2D eigenvalue weighted by atomic mass is 10.4. The number of hydroxylamine groups is 2. The maximum Gasteiger partial charge on any atom is 0.0575 e. The van der Waals surface area contributed by atoms with Gasteiger partial charge in [-0.25, -0.2) is 0 Å². The molecule has 0 amide bonds. The van der Waals surface area contributed by atoms with E-state index >= 15 is 0 Å². The summed E-state index contributed by atoms with van der Waals surface area (Å²) < 4.78 is 0.